The van der Waals surface area contributed by atoms with Crippen molar-refractivity contribution >= 4 is 6.09 Å². The van der Waals surface area contributed by atoms with E-state index >= 15 is 0 Å². The van der Waals surface area contributed by atoms with Crippen LogP contribution in [0.4, 0.5) is 4.79 Å². The molecule has 0 spiro atoms. The van der Waals surface area contributed by atoms with Gasteiger partial charge in [-0.2, -0.15) is 5.10 Å². The lowest BCUT2D eigenvalue weighted by Crippen LogP contribution is -2.35. The van der Waals surface area contributed by atoms with Gasteiger partial charge in [0.15, 0.2) is 0 Å². The van der Waals surface area contributed by atoms with Crippen molar-refractivity contribution in [3.8, 4) is 0 Å². The number of hydrogen-bond donors (Lipinski definition) is 1. The summed E-state index contributed by atoms with van der Waals surface area (Å²) in [5.74, 6) is -0.116. The fourth-order valence-corrected chi connectivity index (χ4v) is 2.62. The van der Waals surface area contributed by atoms with E-state index in [9.17, 15) is 9.90 Å². The summed E-state index contributed by atoms with van der Waals surface area (Å²) in [5, 5.41) is 14.4. The Kier molecular flexibility index (Phi) is 3.77. The lowest BCUT2D eigenvalue weighted by Gasteiger charge is -2.24. The van der Waals surface area contributed by atoms with Crippen molar-refractivity contribution in [3.63, 3.8) is 0 Å². The van der Waals surface area contributed by atoms with E-state index in [1.54, 1.807) is 15.8 Å². The molecule has 0 saturated carbocycles. The number of amides is 1. The molecule has 1 aromatic heterocycles. The number of nitrogens with zero attached hydrogens (tertiary/aromatic N) is 3. The highest BCUT2D eigenvalue weighted by atomic mass is 16.6. The van der Waals surface area contributed by atoms with Gasteiger partial charge in [-0.3, -0.25) is 4.68 Å². The summed E-state index contributed by atoms with van der Waals surface area (Å²) >= 11 is 0. The van der Waals surface area contributed by atoms with Crippen molar-refractivity contribution in [2.75, 3.05) is 13.1 Å². The second-order valence-electron chi connectivity index (χ2n) is 6.40. The van der Waals surface area contributed by atoms with Crippen LogP contribution in [0.15, 0.2) is 6.20 Å². The number of aliphatic hydroxyl groups is 1. The van der Waals surface area contributed by atoms with Gasteiger partial charge in [0.2, 0.25) is 0 Å². The summed E-state index contributed by atoms with van der Waals surface area (Å²) in [6.07, 6.45) is 0.813. The first-order chi connectivity index (χ1) is 9.19. The van der Waals surface area contributed by atoms with Crippen molar-refractivity contribution < 1.29 is 14.6 Å². The van der Waals surface area contributed by atoms with Crippen molar-refractivity contribution in [1.82, 2.24) is 14.7 Å². The van der Waals surface area contributed by atoms with Crippen molar-refractivity contribution in [2.45, 2.75) is 45.3 Å². The minimum absolute atomic E-state index is 0.116. The largest absolute Gasteiger partial charge is 0.444 e. The van der Waals surface area contributed by atoms with Gasteiger partial charge in [0.25, 0.3) is 0 Å². The molecule has 0 radical (unpaired) electrons. The molecule has 1 aliphatic heterocycles. The maximum atomic E-state index is 12.1. The summed E-state index contributed by atoms with van der Waals surface area (Å²) in [6.45, 7) is 8.21. The lowest BCUT2D eigenvalue weighted by molar-refractivity contribution is 0.0270. The lowest BCUT2D eigenvalue weighted by atomic mass is 9.99. The van der Waals surface area contributed by atoms with Gasteiger partial charge in [-0.1, -0.05) is 0 Å². The normalized spacial score (nSPS) is 23.2. The Labute approximate surface area is 119 Å². The fourth-order valence-electron chi connectivity index (χ4n) is 2.62. The van der Waals surface area contributed by atoms with Gasteiger partial charge < -0.3 is 14.7 Å². The highest BCUT2D eigenvalue weighted by Crippen LogP contribution is 2.30. The number of rotatable bonds is 1. The molecule has 1 amide bonds. The minimum atomic E-state index is -0.586. The number of hydrogen-bond acceptors (Lipinski definition) is 4. The van der Waals surface area contributed by atoms with Crippen LogP contribution in [0.25, 0.3) is 0 Å². The molecule has 20 heavy (non-hydrogen) atoms. The number of likely N-dealkylation sites (tertiary alicyclic amines) is 1. The highest BCUT2D eigenvalue weighted by molar-refractivity contribution is 5.68. The van der Waals surface area contributed by atoms with Gasteiger partial charge >= 0.3 is 6.09 Å². The predicted molar refractivity (Wildman–Crippen MR) is 74.5 cm³/mol. The molecule has 0 aliphatic carbocycles. The van der Waals surface area contributed by atoms with Crippen LogP contribution in [0.5, 0.6) is 0 Å². The Morgan fingerprint density at radius 3 is 2.60 bits per heavy atom. The zero-order valence-electron chi connectivity index (χ0n) is 12.8. The van der Waals surface area contributed by atoms with E-state index in [2.05, 4.69) is 5.10 Å². The molecule has 2 heterocycles. The molecule has 2 rings (SSSR count). The first kappa shape index (κ1) is 14.8. The summed E-state index contributed by atoms with van der Waals surface area (Å²) in [4.78, 5) is 13.6. The highest BCUT2D eigenvalue weighted by Gasteiger charge is 2.38. The van der Waals surface area contributed by atoms with Crippen LogP contribution >= 0.6 is 0 Å². The van der Waals surface area contributed by atoms with Crippen molar-refractivity contribution in [3.05, 3.63) is 17.5 Å². The molecule has 1 N–H and O–H groups in total. The number of aryl methyl sites for hydroxylation is 2. The summed E-state index contributed by atoms with van der Waals surface area (Å²) in [5.41, 5.74) is 1.48. The Morgan fingerprint density at radius 1 is 1.45 bits per heavy atom. The second-order valence-corrected chi connectivity index (χ2v) is 6.40. The number of aromatic nitrogens is 2. The molecular formula is C14H23N3O3. The standard InChI is InChI=1S/C14H23N3O3/c1-9-6-15-16(5)12(9)10-7-17(8-11(10)18)13(19)20-14(2,3)4/h6,10-11,18H,7-8H2,1-5H3/t10-,11-/m1/s1. The molecule has 0 aromatic carbocycles. The monoisotopic (exact) mass is 281 g/mol. The van der Waals surface area contributed by atoms with Gasteiger partial charge in [-0.05, 0) is 33.3 Å². The van der Waals surface area contributed by atoms with E-state index in [0.717, 1.165) is 11.3 Å². The van der Waals surface area contributed by atoms with Gasteiger partial charge in [-0.15, -0.1) is 0 Å². The topological polar surface area (TPSA) is 67.6 Å². The van der Waals surface area contributed by atoms with E-state index in [4.69, 9.17) is 4.74 Å². The molecule has 0 bridgehead atoms. The molecule has 6 heteroatoms. The van der Waals surface area contributed by atoms with Crippen LogP contribution in [-0.2, 0) is 11.8 Å². The Bertz CT molecular complexity index is 485. The van der Waals surface area contributed by atoms with Gasteiger partial charge in [0, 0.05) is 25.2 Å². The quantitative estimate of drug-likeness (QED) is 0.845. The van der Waals surface area contributed by atoms with Crippen LogP contribution in [0.3, 0.4) is 0 Å². The molecule has 0 unspecified atom stereocenters. The van der Waals surface area contributed by atoms with Crippen LogP contribution in [0, 0.1) is 6.92 Å². The first-order valence-electron chi connectivity index (χ1n) is 6.83. The Hall–Kier alpha value is -1.56. The van der Waals surface area contributed by atoms with Crippen LogP contribution in [0.2, 0.25) is 0 Å². The van der Waals surface area contributed by atoms with Crippen LogP contribution in [0.1, 0.15) is 37.9 Å². The van der Waals surface area contributed by atoms with E-state index in [1.807, 2.05) is 34.7 Å². The third-order valence-corrected chi connectivity index (χ3v) is 3.47. The first-order valence-corrected chi connectivity index (χ1v) is 6.83. The summed E-state index contributed by atoms with van der Waals surface area (Å²) in [7, 11) is 1.85. The number of aliphatic hydroxyl groups excluding tert-OH is 1. The van der Waals surface area contributed by atoms with Crippen LogP contribution < -0.4 is 0 Å². The third kappa shape index (κ3) is 2.95. The molecule has 112 valence electrons. The SMILES string of the molecule is Cc1cnn(C)c1[C@@H]1CN(C(=O)OC(C)(C)C)C[C@H]1O. The Balaban J connectivity index is 2.12. The fraction of sp³-hybridized carbons (Fsp3) is 0.714. The van der Waals surface area contributed by atoms with E-state index in [0.29, 0.717) is 13.1 Å². The zero-order chi connectivity index (χ0) is 15.1. The molecule has 1 aliphatic rings. The molecule has 1 saturated heterocycles. The number of ether oxygens (including phenoxy) is 1. The molecule has 1 aromatic rings. The van der Waals surface area contributed by atoms with Gasteiger partial charge in [0.05, 0.1) is 18.8 Å². The maximum Gasteiger partial charge on any atom is 0.410 e. The van der Waals surface area contributed by atoms with Crippen LogP contribution in [-0.4, -0.2) is 50.7 Å². The average molecular weight is 281 g/mol. The third-order valence-electron chi connectivity index (χ3n) is 3.47. The maximum absolute atomic E-state index is 12.1. The summed E-state index contributed by atoms with van der Waals surface area (Å²) in [6, 6.07) is 0. The number of carbonyl (C=O) groups is 1. The minimum Gasteiger partial charge on any atom is -0.444 e. The van der Waals surface area contributed by atoms with Gasteiger partial charge in [0.1, 0.15) is 5.60 Å². The predicted octanol–water partition coefficient (Wildman–Crippen LogP) is 1.42. The van der Waals surface area contributed by atoms with Crippen molar-refractivity contribution in [2.24, 2.45) is 7.05 Å². The Morgan fingerprint density at radius 2 is 2.10 bits per heavy atom. The number of carbonyl (C=O) groups excluding carboxylic acids is 1. The molecular weight excluding hydrogens is 258 g/mol. The summed E-state index contributed by atoms with van der Waals surface area (Å²) < 4.78 is 7.12. The molecule has 1 fully saturated rings. The second kappa shape index (κ2) is 5.09. The van der Waals surface area contributed by atoms with E-state index in [-0.39, 0.29) is 12.0 Å². The zero-order valence-corrected chi connectivity index (χ0v) is 12.8. The van der Waals surface area contributed by atoms with Crippen molar-refractivity contribution in [1.29, 1.82) is 0 Å². The molecule has 2 atom stereocenters. The smallest absolute Gasteiger partial charge is 0.410 e. The molecule has 6 nitrogen and oxygen atoms in total. The number of β-amino-alcohol motifs (C(OH)–C–C–N with tert-alkyl or cyclic N) is 1. The average Bonchev–Trinajstić information content (AvgIpc) is 2.81. The van der Waals surface area contributed by atoms with E-state index < -0.39 is 11.7 Å². The van der Waals surface area contributed by atoms with E-state index in [1.165, 1.54) is 0 Å². The van der Waals surface area contributed by atoms with Gasteiger partial charge in [-0.25, -0.2) is 4.79 Å².